The molecular formula is C17H19ClN2O3. The number of ether oxygens (including phenoxy) is 2. The molecule has 0 fully saturated rings. The van der Waals surface area contributed by atoms with Crippen LogP contribution in [0.5, 0.6) is 11.6 Å². The number of methoxy groups -OCH3 is 1. The first-order valence-electron chi connectivity index (χ1n) is 7.19. The fourth-order valence-corrected chi connectivity index (χ4v) is 2.07. The van der Waals surface area contributed by atoms with Crippen LogP contribution in [-0.2, 0) is 11.3 Å². The van der Waals surface area contributed by atoms with Crippen LogP contribution < -0.4 is 14.8 Å². The van der Waals surface area contributed by atoms with Gasteiger partial charge in [-0.3, -0.25) is 4.79 Å². The van der Waals surface area contributed by atoms with Crippen LogP contribution in [0.1, 0.15) is 18.1 Å². The third-order valence-corrected chi connectivity index (χ3v) is 3.71. The van der Waals surface area contributed by atoms with Gasteiger partial charge in [0.2, 0.25) is 5.88 Å². The van der Waals surface area contributed by atoms with Crippen molar-refractivity contribution in [1.82, 2.24) is 10.3 Å². The second kappa shape index (κ2) is 7.83. The third kappa shape index (κ3) is 4.86. The van der Waals surface area contributed by atoms with Crippen LogP contribution in [-0.4, -0.2) is 24.1 Å². The summed E-state index contributed by atoms with van der Waals surface area (Å²) in [6, 6.07) is 8.89. The van der Waals surface area contributed by atoms with E-state index in [2.05, 4.69) is 10.3 Å². The van der Waals surface area contributed by atoms with Gasteiger partial charge in [0.1, 0.15) is 5.75 Å². The lowest BCUT2D eigenvalue weighted by Crippen LogP contribution is -2.35. The smallest absolute Gasteiger partial charge is 0.261 e. The molecule has 5 nitrogen and oxygen atoms in total. The zero-order valence-corrected chi connectivity index (χ0v) is 14.1. The minimum Gasteiger partial charge on any atom is -0.481 e. The van der Waals surface area contributed by atoms with E-state index >= 15 is 0 Å². The first-order chi connectivity index (χ1) is 11.0. The van der Waals surface area contributed by atoms with Gasteiger partial charge in [-0.1, -0.05) is 11.6 Å². The molecule has 0 saturated carbocycles. The van der Waals surface area contributed by atoms with Gasteiger partial charge < -0.3 is 14.8 Å². The summed E-state index contributed by atoms with van der Waals surface area (Å²) in [5.41, 5.74) is 1.81. The molecule has 1 aromatic carbocycles. The number of hydrogen-bond acceptors (Lipinski definition) is 4. The van der Waals surface area contributed by atoms with Crippen LogP contribution in [0.15, 0.2) is 36.5 Å². The number of benzene rings is 1. The van der Waals surface area contributed by atoms with Crippen molar-refractivity contribution in [1.29, 1.82) is 0 Å². The highest BCUT2D eigenvalue weighted by atomic mass is 35.5. The molecule has 2 rings (SSSR count). The minimum absolute atomic E-state index is 0.201. The summed E-state index contributed by atoms with van der Waals surface area (Å²) in [5.74, 6) is 0.922. The number of carbonyl (C=O) groups excluding carboxylic acids is 1. The second-order valence-corrected chi connectivity index (χ2v) is 5.50. The van der Waals surface area contributed by atoms with Gasteiger partial charge in [-0.25, -0.2) is 4.98 Å². The average molecular weight is 335 g/mol. The normalized spacial score (nSPS) is 11.7. The summed E-state index contributed by atoms with van der Waals surface area (Å²) in [4.78, 5) is 16.1. The lowest BCUT2D eigenvalue weighted by atomic mass is 10.2. The summed E-state index contributed by atoms with van der Waals surface area (Å²) in [7, 11) is 1.55. The average Bonchev–Trinajstić information content (AvgIpc) is 2.56. The monoisotopic (exact) mass is 334 g/mol. The van der Waals surface area contributed by atoms with E-state index in [0.29, 0.717) is 23.2 Å². The van der Waals surface area contributed by atoms with Crippen molar-refractivity contribution in [2.24, 2.45) is 0 Å². The standard InChI is InChI=1S/C17H19ClN2O3/c1-11-8-14(4-5-15(11)18)23-12(2)17(21)20-10-13-6-7-19-16(9-13)22-3/h4-9,12H,10H2,1-3H3,(H,20,21). The van der Waals surface area contributed by atoms with Crippen molar-refractivity contribution in [2.75, 3.05) is 7.11 Å². The molecule has 1 heterocycles. The van der Waals surface area contributed by atoms with Crippen molar-refractivity contribution in [3.63, 3.8) is 0 Å². The molecule has 122 valence electrons. The van der Waals surface area contributed by atoms with Gasteiger partial charge in [-0.15, -0.1) is 0 Å². The highest BCUT2D eigenvalue weighted by Crippen LogP contribution is 2.21. The zero-order valence-electron chi connectivity index (χ0n) is 13.3. The highest BCUT2D eigenvalue weighted by molar-refractivity contribution is 6.31. The number of aromatic nitrogens is 1. The lowest BCUT2D eigenvalue weighted by molar-refractivity contribution is -0.127. The third-order valence-electron chi connectivity index (χ3n) is 3.29. The summed E-state index contributed by atoms with van der Waals surface area (Å²) in [6.45, 7) is 3.97. The first kappa shape index (κ1) is 17.1. The van der Waals surface area contributed by atoms with Gasteiger partial charge in [-0.05, 0) is 49.2 Å². The van der Waals surface area contributed by atoms with Crippen LogP contribution in [0.25, 0.3) is 0 Å². The molecule has 0 spiro atoms. The van der Waals surface area contributed by atoms with Crippen LogP contribution in [0.4, 0.5) is 0 Å². The van der Waals surface area contributed by atoms with E-state index in [9.17, 15) is 4.79 Å². The molecule has 1 amide bonds. The number of hydrogen-bond donors (Lipinski definition) is 1. The maximum atomic E-state index is 12.1. The number of nitrogens with one attached hydrogen (secondary N) is 1. The van der Waals surface area contributed by atoms with E-state index in [1.165, 1.54) is 0 Å². The number of nitrogens with zero attached hydrogens (tertiary/aromatic N) is 1. The Kier molecular flexibility index (Phi) is 5.82. The Balaban J connectivity index is 1.90. The van der Waals surface area contributed by atoms with Crippen molar-refractivity contribution < 1.29 is 14.3 Å². The summed E-state index contributed by atoms with van der Waals surface area (Å²) in [5, 5.41) is 3.49. The van der Waals surface area contributed by atoms with Crippen molar-refractivity contribution >= 4 is 17.5 Å². The van der Waals surface area contributed by atoms with Crippen LogP contribution in [0.3, 0.4) is 0 Å². The Labute approximate surface area is 140 Å². The molecule has 1 unspecified atom stereocenters. The number of pyridine rings is 1. The van der Waals surface area contributed by atoms with E-state index in [1.807, 2.05) is 13.0 Å². The molecule has 1 aromatic heterocycles. The molecule has 1 atom stereocenters. The molecule has 0 radical (unpaired) electrons. The van der Waals surface area contributed by atoms with E-state index in [-0.39, 0.29) is 5.91 Å². The fraction of sp³-hybridized carbons (Fsp3) is 0.294. The number of rotatable bonds is 6. The fourth-order valence-electron chi connectivity index (χ4n) is 1.95. The van der Waals surface area contributed by atoms with Crippen LogP contribution >= 0.6 is 11.6 Å². The van der Waals surface area contributed by atoms with Crippen LogP contribution in [0, 0.1) is 6.92 Å². The largest absolute Gasteiger partial charge is 0.481 e. The van der Waals surface area contributed by atoms with E-state index in [0.717, 1.165) is 11.1 Å². The predicted octanol–water partition coefficient (Wildman–Crippen LogP) is 3.14. The van der Waals surface area contributed by atoms with E-state index in [4.69, 9.17) is 21.1 Å². The molecule has 23 heavy (non-hydrogen) atoms. The number of aryl methyl sites for hydroxylation is 1. The van der Waals surface area contributed by atoms with Crippen molar-refractivity contribution in [2.45, 2.75) is 26.5 Å². The topological polar surface area (TPSA) is 60.5 Å². The Morgan fingerprint density at radius 2 is 2.13 bits per heavy atom. The summed E-state index contributed by atoms with van der Waals surface area (Å²) >= 11 is 5.97. The Morgan fingerprint density at radius 1 is 1.35 bits per heavy atom. The SMILES string of the molecule is COc1cc(CNC(=O)C(C)Oc2ccc(Cl)c(C)c2)ccn1. The van der Waals surface area contributed by atoms with Crippen LogP contribution in [0.2, 0.25) is 5.02 Å². The Bertz CT molecular complexity index is 691. The summed E-state index contributed by atoms with van der Waals surface area (Å²) in [6.07, 6.45) is 1.02. The molecule has 0 bridgehead atoms. The molecule has 1 N–H and O–H groups in total. The minimum atomic E-state index is -0.612. The molecule has 0 aliphatic carbocycles. The number of carbonyl (C=O) groups is 1. The Morgan fingerprint density at radius 3 is 2.83 bits per heavy atom. The molecule has 0 saturated heterocycles. The molecule has 2 aromatic rings. The highest BCUT2D eigenvalue weighted by Gasteiger charge is 2.14. The van der Waals surface area contributed by atoms with Gasteiger partial charge in [0.25, 0.3) is 5.91 Å². The predicted molar refractivity (Wildman–Crippen MR) is 88.9 cm³/mol. The number of amides is 1. The second-order valence-electron chi connectivity index (χ2n) is 5.10. The zero-order chi connectivity index (χ0) is 16.8. The first-order valence-corrected chi connectivity index (χ1v) is 7.57. The van der Waals surface area contributed by atoms with Gasteiger partial charge in [0.05, 0.1) is 7.11 Å². The molecule has 0 aliphatic rings. The van der Waals surface area contributed by atoms with E-state index < -0.39 is 6.10 Å². The maximum absolute atomic E-state index is 12.1. The van der Waals surface area contributed by atoms with E-state index in [1.54, 1.807) is 44.5 Å². The van der Waals surface area contributed by atoms with Gasteiger partial charge in [-0.2, -0.15) is 0 Å². The van der Waals surface area contributed by atoms with Gasteiger partial charge >= 0.3 is 0 Å². The summed E-state index contributed by atoms with van der Waals surface area (Å²) < 4.78 is 10.7. The van der Waals surface area contributed by atoms with Crippen molar-refractivity contribution in [3.05, 3.63) is 52.7 Å². The molecule has 6 heteroatoms. The van der Waals surface area contributed by atoms with Gasteiger partial charge in [0, 0.05) is 23.8 Å². The molecular weight excluding hydrogens is 316 g/mol. The number of halogens is 1. The Hall–Kier alpha value is -2.27. The van der Waals surface area contributed by atoms with Crippen molar-refractivity contribution in [3.8, 4) is 11.6 Å². The lowest BCUT2D eigenvalue weighted by Gasteiger charge is -2.15. The van der Waals surface area contributed by atoms with Gasteiger partial charge in [0.15, 0.2) is 6.10 Å². The quantitative estimate of drug-likeness (QED) is 0.881. The molecule has 0 aliphatic heterocycles. The maximum Gasteiger partial charge on any atom is 0.261 e.